The summed E-state index contributed by atoms with van der Waals surface area (Å²) in [5.74, 6) is 0.298. The lowest BCUT2D eigenvalue weighted by Gasteiger charge is -1.84. The van der Waals surface area contributed by atoms with E-state index in [1.165, 1.54) is 0 Å². The van der Waals surface area contributed by atoms with E-state index in [-0.39, 0.29) is 0 Å². The zero-order chi connectivity index (χ0) is 5.98. The smallest absolute Gasteiger partial charge is 0.150 e. The largest absolute Gasteiger partial charge is 0.508 e. The van der Waals surface area contributed by atoms with Crippen molar-refractivity contribution >= 4 is 12.6 Å². The fraction of sp³-hybridized carbons (Fsp3) is 0. The molecule has 1 nitrogen and oxygen atoms in total. The number of benzene rings is 1. The van der Waals surface area contributed by atoms with Crippen molar-refractivity contribution < 1.29 is 5.11 Å². The van der Waals surface area contributed by atoms with Crippen LogP contribution in [-0.2, 0) is 12.6 Å². The van der Waals surface area contributed by atoms with Gasteiger partial charge in [0.1, 0.15) is 5.75 Å². The molecule has 0 spiro atoms. The topological polar surface area (TPSA) is 20.2 Å². The van der Waals surface area contributed by atoms with Gasteiger partial charge in [0, 0.05) is 0 Å². The van der Waals surface area contributed by atoms with Crippen LogP contribution in [0.1, 0.15) is 0 Å². The molecule has 0 aliphatic carbocycles. The summed E-state index contributed by atoms with van der Waals surface area (Å²) in [6, 6.07) is 6.82. The third-order valence-corrected chi connectivity index (χ3v) is 1.20. The first kappa shape index (κ1) is 5.51. The summed E-state index contributed by atoms with van der Waals surface area (Å²) in [6.07, 6.45) is 0. The van der Waals surface area contributed by atoms with Crippen LogP contribution in [0, 0.1) is 0 Å². The minimum absolute atomic E-state index is 0.298. The minimum Gasteiger partial charge on any atom is -0.508 e. The highest BCUT2D eigenvalue weighted by Gasteiger charge is 1.88. The maximum atomic E-state index is 8.74. The van der Waals surface area contributed by atoms with Crippen LogP contribution >= 0.6 is 0 Å². The molecule has 2 heteroatoms. The van der Waals surface area contributed by atoms with Crippen LogP contribution < -0.4 is 0 Å². The molecule has 1 aromatic carbocycles. The first-order chi connectivity index (χ1) is 3.79. The third-order valence-electron chi connectivity index (χ3n) is 0.867. The average molecular weight is 127 g/mol. The Morgan fingerprint density at radius 3 is 2.00 bits per heavy atom. The molecule has 0 heterocycles. The Bertz CT molecular complexity index is 147. The summed E-state index contributed by atoms with van der Waals surface area (Å²) in [4.78, 5) is 0.975. The van der Waals surface area contributed by atoms with Crippen LogP contribution in [0.2, 0.25) is 0 Å². The van der Waals surface area contributed by atoms with Crippen molar-refractivity contribution in [3.63, 3.8) is 0 Å². The van der Waals surface area contributed by atoms with Crippen LogP contribution in [-0.4, -0.2) is 5.11 Å². The highest BCUT2D eigenvalue weighted by Crippen LogP contribution is 2.07. The lowest BCUT2D eigenvalue weighted by molar-refractivity contribution is 0.475. The Balaban J connectivity index is 3.03. The Labute approximate surface area is 53.4 Å². The molecule has 0 saturated heterocycles. The van der Waals surface area contributed by atoms with Gasteiger partial charge >= 0.3 is 0 Å². The normalized spacial score (nSPS) is 9.12. The van der Waals surface area contributed by atoms with E-state index in [0.29, 0.717) is 5.75 Å². The van der Waals surface area contributed by atoms with Gasteiger partial charge in [0.15, 0.2) is 4.90 Å². The molecule has 0 aliphatic rings. The number of hydrogen-bond donors (Lipinski definition) is 1. The second-order valence-electron chi connectivity index (χ2n) is 1.55. The molecule has 0 fully saturated rings. The number of aromatic hydroxyl groups is 1. The van der Waals surface area contributed by atoms with Gasteiger partial charge in [-0.25, -0.2) is 0 Å². The van der Waals surface area contributed by atoms with Gasteiger partial charge in [0.25, 0.3) is 0 Å². The van der Waals surface area contributed by atoms with Gasteiger partial charge in [-0.05, 0) is 36.9 Å². The van der Waals surface area contributed by atoms with Crippen molar-refractivity contribution in [2.45, 2.75) is 4.90 Å². The summed E-state index contributed by atoms with van der Waals surface area (Å²) in [5.41, 5.74) is 0. The summed E-state index contributed by atoms with van der Waals surface area (Å²) >= 11 is 3.28. The molecule has 0 aliphatic heterocycles. The average Bonchev–Trinajstić information content (AvgIpc) is 1.77. The van der Waals surface area contributed by atoms with Crippen molar-refractivity contribution in [1.82, 2.24) is 0 Å². The highest BCUT2D eigenvalue weighted by atomic mass is 32.1. The maximum Gasteiger partial charge on any atom is 0.150 e. The fourth-order valence-corrected chi connectivity index (χ4v) is 0.628. The Hall–Kier alpha value is -0.630. The SMILES string of the molecule is Oc1ccc([SH2+])cc1. The quantitative estimate of drug-likeness (QED) is 0.510. The zero-order valence-electron chi connectivity index (χ0n) is 4.26. The molecule has 0 saturated carbocycles. The summed E-state index contributed by atoms with van der Waals surface area (Å²) in [6.45, 7) is 0. The van der Waals surface area contributed by atoms with Crippen molar-refractivity contribution in [1.29, 1.82) is 0 Å². The van der Waals surface area contributed by atoms with E-state index in [4.69, 9.17) is 5.11 Å². The number of hydrogen-bond acceptors (Lipinski definition) is 1. The van der Waals surface area contributed by atoms with E-state index >= 15 is 0 Å². The number of phenolic OH excluding ortho intramolecular Hbond substituents is 1. The molecular weight excluding hydrogens is 120 g/mol. The summed E-state index contributed by atoms with van der Waals surface area (Å²) in [7, 11) is 0. The van der Waals surface area contributed by atoms with Gasteiger partial charge in [0.2, 0.25) is 0 Å². The summed E-state index contributed by atoms with van der Waals surface area (Å²) < 4.78 is 0. The van der Waals surface area contributed by atoms with E-state index in [2.05, 4.69) is 12.6 Å². The Morgan fingerprint density at radius 1 is 1.12 bits per heavy atom. The number of rotatable bonds is 0. The monoisotopic (exact) mass is 127 g/mol. The molecule has 1 N–H and O–H groups in total. The first-order valence-corrected chi connectivity index (χ1v) is 2.79. The molecule has 0 amide bonds. The third kappa shape index (κ3) is 1.17. The zero-order valence-corrected chi connectivity index (χ0v) is 5.26. The van der Waals surface area contributed by atoms with Crippen molar-refractivity contribution in [2.75, 3.05) is 0 Å². The van der Waals surface area contributed by atoms with Gasteiger partial charge in [-0.15, -0.1) is 0 Å². The van der Waals surface area contributed by atoms with E-state index < -0.39 is 0 Å². The van der Waals surface area contributed by atoms with Crippen LogP contribution in [0.25, 0.3) is 0 Å². The fourth-order valence-electron chi connectivity index (χ4n) is 0.461. The minimum atomic E-state index is 0.298. The van der Waals surface area contributed by atoms with Crippen molar-refractivity contribution in [2.24, 2.45) is 0 Å². The second-order valence-corrected chi connectivity index (χ2v) is 2.12. The Morgan fingerprint density at radius 2 is 1.62 bits per heavy atom. The van der Waals surface area contributed by atoms with Gasteiger partial charge in [-0.1, -0.05) is 0 Å². The molecular formula is C6H7OS+. The van der Waals surface area contributed by atoms with Crippen molar-refractivity contribution in [3.05, 3.63) is 24.3 Å². The molecule has 0 bridgehead atoms. The summed E-state index contributed by atoms with van der Waals surface area (Å²) in [5, 5.41) is 8.74. The van der Waals surface area contributed by atoms with E-state index in [1.807, 2.05) is 0 Å². The predicted molar refractivity (Wildman–Crippen MR) is 36.5 cm³/mol. The van der Waals surface area contributed by atoms with Crippen molar-refractivity contribution in [3.8, 4) is 5.75 Å². The molecule has 0 unspecified atom stereocenters. The lowest BCUT2D eigenvalue weighted by atomic mass is 10.3. The molecule has 1 aromatic rings. The van der Waals surface area contributed by atoms with Crippen LogP contribution in [0.15, 0.2) is 29.2 Å². The van der Waals surface area contributed by atoms with E-state index in [1.54, 1.807) is 24.3 Å². The molecule has 0 aromatic heterocycles. The van der Waals surface area contributed by atoms with Crippen LogP contribution in [0.3, 0.4) is 0 Å². The second kappa shape index (κ2) is 2.09. The van der Waals surface area contributed by atoms with Gasteiger partial charge in [-0.2, -0.15) is 0 Å². The van der Waals surface area contributed by atoms with E-state index in [0.717, 1.165) is 4.90 Å². The van der Waals surface area contributed by atoms with Crippen LogP contribution in [0.4, 0.5) is 0 Å². The molecule has 8 heavy (non-hydrogen) atoms. The standard InChI is InChI=1S/C6H6OS/c7-5-1-3-6(8)4-2-5/h1-4,7-8H/p+1. The first-order valence-electron chi connectivity index (χ1n) is 2.29. The van der Waals surface area contributed by atoms with Gasteiger partial charge in [-0.3, -0.25) is 0 Å². The molecule has 0 atom stereocenters. The lowest BCUT2D eigenvalue weighted by Crippen LogP contribution is -1.65. The maximum absolute atomic E-state index is 8.74. The highest BCUT2D eigenvalue weighted by molar-refractivity contribution is 7.58. The molecule has 0 radical (unpaired) electrons. The van der Waals surface area contributed by atoms with E-state index in [9.17, 15) is 0 Å². The molecule has 42 valence electrons. The predicted octanol–water partition coefficient (Wildman–Crippen LogP) is 0.763. The Kier molecular flexibility index (Phi) is 1.44. The number of phenols is 1. The molecule has 1 rings (SSSR count). The van der Waals surface area contributed by atoms with Gasteiger partial charge < -0.3 is 5.11 Å². The van der Waals surface area contributed by atoms with Gasteiger partial charge in [0.05, 0.1) is 0 Å². The van der Waals surface area contributed by atoms with Crippen LogP contribution in [0.5, 0.6) is 5.75 Å².